The molecule has 1 N–H and O–H groups in total. The third kappa shape index (κ3) is 12.2. The molecule has 0 amide bonds. The van der Waals surface area contributed by atoms with Gasteiger partial charge < -0.3 is 5.11 Å². The van der Waals surface area contributed by atoms with Crippen LogP contribution in [-0.2, 0) is 14.4 Å². The smallest absolute Gasteiger partial charge is 0.333 e. The molecular formula is C24H45NO4. The van der Waals surface area contributed by atoms with E-state index in [1.807, 2.05) is 0 Å². The zero-order valence-corrected chi connectivity index (χ0v) is 19.4. The van der Waals surface area contributed by atoms with Crippen molar-refractivity contribution in [3.05, 3.63) is 12.2 Å². The fraction of sp³-hybridized carbons (Fsp3) is 0.833. The summed E-state index contributed by atoms with van der Waals surface area (Å²) in [5.41, 5.74) is -1.61. The van der Waals surface area contributed by atoms with Crippen LogP contribution in [0.3, 0.4) is 0 Å². The Morgan fingerprint density at radius 2 is 1.34 bits per heavy atom. The number of aliphatic carboxylic acids is 1. The van der Waals surface area contributed by atoms with Gasteiger partial charge in [-0.1, -0.05) is 70.4 Å². The van der Waals surface area contributed by atoms with Gasteiger partial charge in [-0.2, -0.15) is 5.06 Å². The maximum atomic E-state index is 12.4. The van der Waals surface area contributed by atoms with Crippen LogP contribution in [0.5, 0.6) is 0 Å². The van der Waals surface area contributed by atoms with E-state index in [1.54, 1.807) is 6.92 Å². The molecular weight excluding hydrogens is 366 g/mol. The van der Waals surface area contributed by atoms with Gasteiger partial charge >= 0.3 is 5.97 Å². The molecule has 0 bridgehead atoms. The minimum Gasteiger partial charge on any atom is -0.479 e. The van der Waals surface area contributed by atoms with E-state index < -0.39 is 11.5 Å². The molecule has 29 heavy (non-hydrogen) atoms. The van der Waals surface area contributed by atoms with Gasteiger partial charge in [-0.05, 0) is 46.0 Å². The number of carbonyl (C=O) groups is 2. The number of carbonyl (C=O) groups excluding carboxylic acids is 1. The number of carboxylic acid groups (broad SMARTS) is 1. The van der Waals surface area contributed by atoms with Crippen molar-refractivity contribution in [2.45, 2.75) is 116 Å². The van der Waals surface area contributed by atoms with Gasteiger partial charge in [0.05, 0.1) is 6.61 Å². The number of ketones is 1. The van der Waals surface area contributed by atoms with Gasteiger partial charge in [0, 0.05) is 13.5 Å². The number of hydrogen-bond donors (Lipinski definition) is 1. The van der Waals surface area contributed by atoms with Crippen LogP contribution in [0.1, 0.15) is 111 Å². The molecule has 0 fully saturated rings. The number of unbranched alkanes of at least 4 members (excludes halogenated alkanes) is 11. The normalized spacial score (nSPS) is 13.8. The van der Waals surface area contributed by atoms with E-state index in [-0.39, 0.29) is 12.2 Å². The van der Waals surface area contributed by atoms with Gasteiger partial charge in [0.1, 0.15) is 0 Å². The summed E-state index contributed by atoms with van der Waals surface area (Å²) in [6.45, 7) is 5.78. The van der Waals surface area contributed by atoms with Crippen LogP contribution < -0.4 is 0 Å². The Morgan fingerprint density at radius 3 is 1.83 bits per heavy atom. The van der Waals surface area contributed by atoms with E-state index >= 15 is 0 Å². The van der Waals surface area contributed by atoms with Gasteiger partial charge in [-0.3, -0.25) is 9.63 Å². The van der Waals surface area contributed by atoms with Crippen molar-refractivity contribution in [1.82, 2.24) is 5.06 Å². The molecule has 170 valence electrons. The van der Waals surface area contributed by atoms with Crippen LogP contribution in [0.25, 0.3) is 0 Å². The third-order valence-electron chi connectivity index (χ3n) is 5.58. The highest BCUT2D eigenvalue weighted by molar-refractivity contribution is 6.07. The predicted molar refractivity (Wildman–Crippen MR) is 120 cm³/mol. The zero-order chi connectivity index (χ0) is 22.0. The van der Waals surface area contributed by atoms with E-state index in [0.29, 0.717) is 6.61 Å². The first kappa shape index (κ1) is 27.8. The summed E-state index contributed by atoms with van der Waals surface area (Å²) >= 11 is 0. The molecule has 0 aliphatic rings. The number of carboxylic acids is 1. The summed E-state index contributed by atoms with van der Waals surface area (Å²) in [5.74, 6) is -1.45. The van der Waals surface area contributed by atoms with Gasteiger partial charge in [0.2, 0.25) is 0 Å². The Balaban J connectivity index is 3.77. The Kier molecular flexibility index (Phi) is 16.9. The molecule has 0 radical (unpaired) electrons. The number of rotatable bonds is 20. The van der Waals surface area contributed by atoms with E-state index in [1.165, 1.54) is 70.4 Å². The number of hydroxylamine groups is 2. The standard InChI is InChI=1S/C24H45NO4/c1-5-7-8-9-10-11-12-13-14-15-16-17-18-19-20-21-22(26)24(3,23(27)28)25(4)29-6-2/h13-14H,5-12,15-21H2,1-4H3,(H,27,28)/b14-13-. The minimum absolute atomic E-state index is 0.276. The summed E-state index contributed by atoms with van der Waals surface area (Å²) in [4.78, 5) is 29.3. The number of nitrogens with zero attached hydrogens (tertiary/aromatic N) is 1. The van der Waals surface area contributed by atoms with Crippen LogP contribution in [0.2, 0.25) is 0 Å². The number of likely N-dealkylation sites (N-methyl/N-ethyl adjacent to an activating group) is 1. The fourth-order valence-electron chi connectivity index (χ4n) is 3.35. The summed E-state index contributed by atoms with van der Waals surface area (Å²) < 4.78 is 0. The Labute approximate surface area is 178 Å². The van der Waals surface area contributed by atoms with Gasteiger partial charge in [0.15, 0.2) is 11.3 Å². The molecule has 0 spiro atoms. The van der Waals surface area contributed by atoms with E-state index in [0.717, 1.165) is 32.1 Å². The Hall–Kier alpha value is -1.20. The lowest BCUT2D eigenvalue weighted by atomic mass is 9.92. The van der Waals surface area contributed by atoms with Crippen LogP contribution in [-0.4, -0.2) is 41.1 Å². The van der Waals surface area contributed by atoms with Gasteiger partial charge in [-0.15, -0.1) is 0 Å². The van der Waals surface area contributed by atoms with Crippen molar-refractivity contribution in [2.75, 3.05) is 13.7 Å². The van der Waals surface area contributed by atoms with Crippen LogP contribution in [0, 0.1) is 0 Å². The average molecular weight is 412 g/mol. The molecule has 5 nitrogen and oxygen atoms in total. The van der Waals surface area contributed by atoms with Crippen LogP contribution in [0.15, 0.2) is 12.2 Å². The lowest BCUT2D eigenvalue weighted by Crippen LogP contribution is -2.56. The van der Waals surface area contributed by atoms with Crippen molar-refractivity contribution in [3.8, 4) is 0 Å². The van der Waals surface area contributed by atoms with E-state index in [9.17, 15) is 14.7 Å². The molecule has 0 saturated heterocycles. The molecule has 0 heterocycles. The highest BCUT2D eigenvalue weighted by atomic mass is 16.7. The van der Waals surface area contributed by atoms with Crippen molar-refractivity contribution in [2.24, 2.45) is 0 Å². The van der Waals surface area contributed by atoms with Crippen molar-refractivity contribution >= 4 is 11.8 Å². The van der Waals surface area contributed by atoms with E-state index in [2.05, 4.69) is 19.1 Å². The molecule has 1 unspecified atom stereocenters. The molecule has 0 aromatic heterocycles. The lowest BCUT2D eigenvalue weighted by Gasteiger charge is -2.32. The summed E-state index contributed by atoms with van der Waals surface area (Å²) in [7, 11) is 1.51. The Bertz CT molecular complexity index is 464. The number of allylic oxidation sites excluding steroid dienone is 2. The largest absolute Gasteiger partial charge is 0.479 e. The predicted octanol–water partition coefficient (Wildman–Crippen LogP) is 6.32. The van der Waals surface area contributed by atoms with Gasteiger partial charge in [0.25, 0.3) is 0 Å². The van der Waals surface area contributed by atoms with Crippen molar-refractivity contribution in [3.63, 3.8) is 0 Å². The summed E-state index contributed by atoms with van der Waals surface area (Å²) in [5, 5.41) is 10.7. The Morgan fingerprint density at radius 1 is 0.862 bits per heavy atom. The average Bonchev–Trinajstić information content (AvgIpc) is 2.69. The number of hydrogen-bond acceptors (Lipinski definition) is 4. The van der Waals surface area contributed by atoms with Gasteiger partial charge in [-0.25, -0.2) is 4.79 Å². The maximum Gasteiger partial charge on any atom is 0.333 e. The molecule has 0 aliphatic carbocycles. The van der Waals surface area contributed by atoms with Crippen LogP contribution >= 0.6 is 0 Å². The fourth-order valence-corrected chi connectivity index (χ4v) is 3.35. The quantitative estimate of drug-likeness (QED) is 0.110. The molecule has 0 aliphatic heterocycles. The maximum absolute atomic E-state index is 12.4. The second kappa shape index (κ2) is 17.6. The molecule has 0 rings (SSSR count). The van der Waals surface area contributed by atoms with Crippen molar-refractivity contribution < 1.29 is 19.5 Å². The molecule has 1 atom stereocenters. The highest BCUT2D eigenvalue weighted by Gasteiger charge is 2.45. The van der Waals surface area contributed by atoms with E-state index in [4.69, 9.17) is 4.84 Å². The first-order chi connectivity index (χ1) is 13.9. The second-order valence-corrected chi connectivity index (χ2v) is 8.05. The number of Topliss-reactive ketones (excluding diaryl/α,β-unsaturated/α-hetero) is 1. The third-order valence-corrected chi connectivity index (χ3v) is 5.58. The molecule has 0 aromatic rings. The van der Waals surface area contributed by atoms with Crippen molar-refractivity contribution in [1.29, 1.82) is 0 Å². The highest BCUT2D eigenvalue weighted by Crippen LogP contribution is 2.20. The minimum atomic E-state index is -1.61. The summed E-state index contributed by atoms with van der Waals surface area (Å²) in [6, 6.07) is 0. The lowest BCUT2D eigenvalue weighted by molar-refractivity contribution is -0.210. The molecule has 0 saturated carbocycles. The monoisotopic (exact) mass is 411 g/mol. The summed E-state index contributed by atoms with van der Waals surface area (Å²) in [6.07, 6.45) is 20.4. The van der Waals surface area contributed by atoms with Crippen LogP contribution in [0.4, 0.5) is 0 Å². The first-order valence-corrected chi connectivity index (χ1v) is 11.7. The zero-order valence-electron chi connectivity index (χ0n) is 19.4. The first-order valence-electron chi connectivity index (χ1n) is 11.7. The SMILES string of the molecule is CCCCCCCC/C=C\CCCCCCCC(=O)C(C)(C(=O)O)N(C)OCC. The molecule has 5 heteroatoms. The molecule has 0 aromatic carbocycles. The topological polar surface area (TPSA) is 66.8 Å². The second-order valence-electron chi connectivity index (χ2n) is 8.05.